The Balaban J connectivity index is 2.34. The number of carbonyl (C=O) groups excluding carboxylic acids is 1. The van der Waals surface area contributed by atoms with Gasteiger partial charge in [-0.25, -0.2) is 4.79 Å². The minimum atomic E-state index is -0.979. The minimum Gasteiger partial charge on any atom is -0.462 e. The van der Waals surface area contributed by atoms with Gasteiger partial charge in [0.25, 0.3) is 11.1 Å². The predicted molar refractivity (Wildman–Crippen MR) is 114 cm³/mol. The van der Waals surface area contributed by atoms with E-state index in [0.29, 0.717) is 5.69 Å². The van der Waals surface area contributed by atoms with Gasteiger partial charge in [0, 0.05) is 4.47 Å². The van der Waals surface area contributed by atoms with Crippen molar-refractivity contribution in [3.05, 3.63) is 72.2 Å². The van der Waals surface area contributed by atoms with Crippen molar-refractivity contribution in [2.45, 2.75) is 6.92 Å². The number of halogens is 1. The summed E-state index contributed by atoms with van der Waals surface area (Å²) in [5.41, 5.74) is 3.21. The van der Waals surface area contributed by atoms with Crippen LogP contribution in [0.2, 0.25) is 0 Å². The third kappa shape index (κ3) is 3.95. The zero-order valence-electron chi connectivity index (χ0n) is 16.0. The summed E-state index contributed by atoms with van der Waals surface area (Å²) in [4.78, 5) is 39.7. The summed E-state index contributed by atoms with van der Waals surface area (Å²) in [5.74, 6) is -0.979. The highest BCUT2D eigenvalue weighted by atomic mass is 79.9. The molecule has 154 valence electrons. The first kappa shape index (κ1) is 21.5. The molecule has 0 unspecified atom stereocenters. The Hall–Kier alpha value is -4.22. The van der Waals surface area contributed by atoms with Crippen molar-refractivity contribution >= 4 is 38.6 Å². The Kier molecular flexibility index (Phi) is 6.00. The molecule has 0 aliphatic heterocycles. The topological polar surface area (TPSA) is 168 Å². The summed E-state index contributed by atoms with van der Waals surface area (Å²) >= 11 is 3.30. The number of nitrogens with one attached hydrogen (secondary N) is 1. The molecule has 0 aliphatic rings. The fourth-order valence-electron chi connectivity index (χ4n) is 2.77. The fraction of sp³-hybridized carbons (Fsp3) is 0.100. The average molecular weight is 481 g/mol. The van der Waals surface area contributed by atoms with E-state index in [0.717, 1.165) is 9.15 Å². The highest BCUT2D eigenvalue weighted by Gasteiger charge is 2.21. The number of hydrogen-bond acceptors (Lipinski definition) is 8. The van der Waals surface area contributed by atoms with E-state index >= 15 is 0 Å². The van der Waals surface area contributed by atoms with Crippen molar-refractivity contribution in [1.29, 1.82) is 10.5 Å². The number of fused-ring (bicyclic) bond motifs is 1. The van der Waals surface area contributed by atoms with Gasteiger partial charge in [0.05, 0.1) is 29.1 Å². The summed E-state index contributed by atoms with van der Waals surface area (Å²) in [6.07, 6.45) is 0. The molecule has 1 aromatic carbocycles. The molecule has 0 atom stereocenters. The molecule has 3 rings (SSSR count). The highest BCUT2D eigenvalue weighted by Crippen LogP contribution is 2.18. The van der Waals surface area contributed by atoms with E-state index < -0.39 is 28.4 Å². The smallest absolute Gasteiger partial charge is 0.351 e. The normalized spacial score (nSPS) is 11.4. The van der Waals surface area contributed by atoms with Gasteiger partial charge in [-0.15, -0.1) is 0 Å². The largest absolute Gasteiger partial charge is 0.462 e. The van der Waals surface area contributed by atoms with Gasteiger partial charge >= 0.3 is 5.97 Å². The summed E-state index contributed by atoms with van der Waals surface area (Å²) in [5, 5.41) is 23.0. The Morgan fingerprint density at radius 3 is 2.55 bits per heavy atom. The molecule has 0 spiro atoms. The third-order valence-electron chi connectivity index (χ3n) is 4.22. The first-order valence-corrected chi connectivity index (χ1v) is 9.55. The van der Waals surface area contributed by atoms with Crippen LogP contribution in [0.25, 0.3) is 22.4 Å². The van der Waals surface area contributed by atoms with Gasteiger partial charge in [0.15, 0.2) is 5.57 Å². The molecule has 0 amide bonds. The summed E-state index contributed by atoms with van der Waals surface area (Å²) in [6, 6.07) is 11.2. The molecular formula is C20H13BrN6O4. The first-order chi connectivity index (χ1) is 14.8. The molecule has 0 saturated carbocycles. The third-order valence-corrected chi connectivity index (χ3v) is 4.75. The van der Waals surface area contributed by atoms with Crippen molar-refractivity contribution in [1.82, 2.24) is 14.8 Å². The second-order valence-corrected chi connectivity index (χ2v) is 6.99. The number of hydrogen-bond donors (Lipinski definition) is 2. The second-order valence-electron chi connectivity index (χ2n) is 6.07. The van der Waals surface area contributed by atoms with Crippen molar-refractivity contribution < 1.29 is 9.53 Å². The molecule has 3 aromatic rings. The van der Waals surface area contributed by atoms with Crippen molar-refractivity contribution in [3.8, 4) is 17.8 Å². The lowest BCUT2D eigenvalue weighted by Crippen LogP contribution is -2.26. The summed E-state index contributed by atoms with van der Waals surface area (Å²) < 4.78 is 6.57. The fourth-order valence-corrected chi connectivity index (χ4v) is 3.03. The number of aromatic nitrogens is 3. The van der Waals surface area contributed by atoms with Crippen LogP contribution < -0.4 is 16.9 Å². The lowest BCUT2D eigenvalue weighted by Gasteiger charge is -2.10. The molecule has 31 heavy (non-hydrogen) atoms. The second kappa shape index (κ2) is 8.65. The van der Waals surface area contributed by atoms with Crippen LogP contribution in [0.15, 0.2) is 50.0 Å². The van der Waals surface area contributed by atoms with E-state index in [4.69, 9.17) is 10.5 Å². The van der Waals surface area contributed by atoms with Crippen LogP contribution in [0.5, 0.6) is 0 Å². The van der Waals surface area contributed by atoms with E-state index in [9.17, 15) is 24.9 Å². The van der Waals surface area contributed by atoms with Crippen LogP contribution in [0.1, 0.15) is 18.1 Å². The number of esters is 1. The Morgan fingerprint density at radius 1 is 1.29 bits per heavy atom. The van der Waals surface area contributed by atoms with Crippen LogP contribution in [-0.4, -0.2) is 27.3 Å². The van der Waals surface area contributed by atoms with Gasteiger partial charge in [0.1, 0.15) is 23.2 Å². The minimum absolute atomic E-state index is 0.0118. The zero-order valence-corrected chi connectivity index (χ0v) is 17.6. The molecule has 0 saturated heterocycles. The maximum Gasteiger partial charge on any atom is 0.351 e. The zero-order chi connectivity index (χ0) is 22.7. The van der Waals surface area contributed by atoms with Crippen LogP contribution in [0.4, 0.5) is 0 Å². The van der Waals surface area contributed by atoms with E-state index in [-0.39, 0.29) is 28.8 Å². The molecule has 0 bridgehead atoms. The molecule has 11 heteroatoms. The molecule has 2 heterocycles. The average Bonchev–Trinajstić information content (AvgIpc) is 2.74. The summed E-state index contributed by atoms with van der Waals surface area (Å²) in [6.45, 7) is 1.57. The number of pyridine rings is 1. The lowest BCUT2D eigenvalue weighted by molar-refractivity contribution is -0.137. The van der Waals surface area contributed by atoms with Crippen molar-refractivity contribution in [2.75, 3.05) is 6.61 Å². The van der Waals surface area contributed by atoms with Crippen molar-refractivity contribution in [2.24, 2.45) is 5.73 Å². The number of nitrogens with zero attached hydrogens (tertiary/aromatic N) is 4. The van der Waals surface area contributed by atoms with Gasteiger partial charge in [0.2, 0.25) is 0 Å². The standard InChI is InChI=1S/C20H13BrN6O4/c1-2-31-20(30)13(8-22)16(24)12-7-15-17(25-18(12)28)14(9-23)19(29)27(26-15)11-5-3-10(21)4-6-11/h3-7H,2,24H2,1H3,(H,25,28)/b16-13+. The van der Waals surface area contributed by atoms with E-state index in [1.54, 1.807) is 43.3 Å². The van der Waals surface area contributed by atoms with Gasteiger partial charge < -0.3 is 15.5 Å². The Bertz CT molecular complexity index is 1440. The molecule has 0 aliphatic carbocycles. The number of ether oxygens (including phenoxy) is 1. The molecule has 3 N–H and O–H groups in total. The lowest BCUT2D eigenvalue weighted by atomic mass is 10.1. The number of carbonyl (C=O) groups is 1. The van der Waals surface area contributed by atoms with Gasteiger partial charge in [-0.3, -0.25) is 9.59 Å². The SMILES string of the molecule is CCOC(=O)/C(C#N)=C(/N)c1cc2nn(-c3ccc(Br)cc3)c(=O)c(C#N)c2[nH]c1=O. The van der Waals surface area contributed by atoms with Gasteiger partial charge in [-0.2, -0.15) is 20.3 Å². The molecular weight excluding hydrogens is 468 g/mol. The number of H-pyrrole nitrogens is 1. The molecule has 2 aromatic heterocycles. The maximum atomic E-state index is 12.8. The Morgan fingerprint density at radius 2 is 1.97 bits per heavy atom. The maximum absolute atomic E-state index is 12.8. The number of nitriles is 2. The number of aromatic amines is 1. The van der Waals surface area contributed by atoms with E-state index in [1.165, 1.54) is 6.07 Å². The summed E-state index contributed by atoms with van der Waals surface area (Å²) in [7, 11) is 0. The number of nitrogens with two attached hydrogens (primary N) is 1. The van der Waals surface area contributed by atoms with Crippen LogP contribution in [0, 0.1) is 22.7 Å². The molecule has 0 fully saturated rings. The first-order valence-electron chi connectivity index (χ1n) is 8.76. The molecule has 0 radical (unpaired) electrons. The predicted octanol–water partition coefficient (Wildman–Crippen LogP) is 1.46. The van der Waals surface area contributed by atoms with Crippen LogP contribution in [0.3, 0.4) is 0 Å². The van der Waals surface area contributed by atoms with Crippen LogP contribution >= 0.6 is 15.9 Å². The quantitative estimate of drug-likeness (QED) is 0.321. The van der Waals surface area contributed by atoms with Crippen LogP contribution in [-0.2, 0) is 9.53 Å². The van der Waals surface area contributed by atoms with E-state index in [2.05, 4.69) is 26.0 Å². The van der Waals surface area contributed by atoms with Gasteiger partial charge in [-0.05, 0) is 37.3 Å². The molecule has 10 nitrogen and oxygen atoms in total. The monoisotopic (exact) mass is 480 g/mol. The van der Waals surface area contributed by atoms with Gasteiger partial charge in [-0.1, -0.05) is 15.9 Å². The van der Waals surface area contributed by atoms with E-state index in [1.807, 2.05) is 0 Å². The highest BCUT2D eigenvalue weighted by molar-refractivity contribution is 9.10. The van der Waals surface area contributed by atoms with Crippen molar-refractivity contribution in [3.63, 3.8) is 0 Å². The Labute approximate surface area is 182 Å². The number of benzene rings is 1. The number of rotatable bonds is 4.